The average Bonchev–Trinajstić information content (AvgIpc) is 2.27. The van der Waals surface area contributed by atoms with E-state index in [-0.39, 0.29) is 23.3 Å². The Morgan fingerprint density at radius 1 is 1.37 bits per heavy atom. The molecule has 2 N–H and O–H groups in total. The molecule has 0 saturated carbocycles. The molecule has 2 rings (SSSR count). The van der Waals surface area contributed by atoms with Crippen LogP contribution in [0.1, 0.15) is 39.5 Å². The monoisotopic (exact) mass is 290 g/mol. The lowest BCUT2D eigenvalue weighted by molar-refractivity contribution is -0.0599. The molecule has 6 heteroatoms. The Morgan fingerprint density at radius 3 is 2.79 bits per heavy atom. The molecular formula is C13H26N2O3S. The molecule has 5 nitrogen and oxygen atoms in total. The zero-order chi connectivity index (χ0) is 13.9. The summed E-state index contributed by atoms with van der Waals surface area (Å²) < 4.78 is 32.9. The fourth-order valence-corrected chi connectivity index (χ4v) is 4.72. The minimum atomic E-state index is -3.18. The number of hydrogen-bond donors (Lipinski definition) is 2. The van der Waals surface area contributed by atoms with E-state index in [1.54, 1.807) is 0 Å². The van der Waals surface area contributed by atoms with Crippen molar-refractivity contribution in [3.8, 4) is 0 Å². The third-order valence-electron chi connectivity index (χ3n) is 3.90. The van der Waals surface area contributed by atoms with Crippen LogP contribution in [-0.4, -0.2) is 45.5 Å². The Kier molecular flexibility index (Phi) is 4.87. The van der Waals surface area contributed by atoms with Gasteiger partial charge >= 0.3 is 0 Å². The smallest absolute Gasteiger partial charge is 0.212 e. The highest BCUT2D eigenvalue weighted by Crippen LogP contribution is 2.24. The van der Waals surface area contributed by atoms with Crippen molar-refractivity contribution in [2.45, 2.75) is 51.2 Å². The minimum absolute atomic E-state index is 0.0188. The lowest BCUT2D eigenvalue weighted by Crippen LogP contribution is -2.47. The summed E-state index contributed by atoms with van der Waals surface area (Å²) in [6.07, 6.45) is 3.60. The highest BCUT2D eigenvalue weighted by Gasteiger charge is 2.32. The Labute approximate surface area is 116 Å². The first-order valence-electron chi connectivity index (χ1n) is 7.21. The number of piperidine rings is 1. The molecule has 0 radical (unpaired) electrons. The van der Waals surface area contributed by atoms with Crippen molar-refractivity contribution in [2.24, 2.45) is 5.92 Å². The highest BCUT2D eigenvalue weighted by molar-refractivity contribution is 7.89. The second-order valence-electron chi connectivity index (χ2n) is 6.41. The fourth-order valence-electron chi connectivity index (χ4n) is 3.01. The van der Waals surface area contributed by atoms with Gasteiger partial charge in [0.05, 0.1) is 11.4 Å². The molecule has 2 saturated heterocycles. The summed E-state index contributed by atoms with van der Waals surface area (Å²) in [5.41, 5.74) is -0.224. The Bertz CT molecular complexity index is 389. The van der Waals surface area contributed by atoms with Gasteiger partial charge in [0.2, 0.25) is 10.0 Å². The van der Waals surface area contributed by atoms with Crippen LogP contribution in [0.5, 0.6) is 0 Å². The molecule has 0 aromatic carbocycles. The minimum Gasteiger partial charge on any atom is -0.375 e. The van der Waals surface area contributed by atoms with Crippen molar-refractivity contribution in [2.75, 3.05) is 25.4 Å². The van der Waals surface area contributed by atoms with E-state index in [1.807, 2.05) is 13.8 Å². The van der Waals surface area contributed by atoms with Crippen molar-refractivity contribution < 1.29 is 13.2 Å². The molecule has 0 bridgehead atoms. The predicted molar refractivity (Wildman–Crippen MR) is 75.6 cm³/mol. The molecule has 2 unspecified atom stereocenters. The lowest BCUT2D eigenvalue weighted by Gasteiger charge is -2.36. The molecule has 0 aromatic rings. The maximum atomic E-state index is 12.2. The molecule has 0 aromatic heterocycles. The first-order valence-corrected chi connectivity index (χ1v) is 8.86. The molecule has 2 fully saturated rings. The lowest BCUT2D eigenvalue weighted by atomic mass is 9.95. The zero-order valence-corrected chi connectivity index (χ0v) is 12.8. The van der Waals surface area contributed by atoms with Gasteiger partial charge in [0, 0.05) is 12.6 Å². The van der Waals surface area contributed by atoms with Gasteiger partial charge < -0.3 is 10.1 Å². The number of hydrogen-bond acceptors (Lipinski definition) is 4. The first-order chi connectivity index (χ1) is 8.86. The number of nitrogens with one attached hydrogen (secondary N) is 2. The third-order valence-corrected chi connectivity index (χ3v) is 5.50. The molecular weight excluding hydrogens is 264 g/mol. The number of rotatable bonds is 4. The molecule has 19 heavy (non-hydrogen) atoms. The van der Waals surface area contributed by atoms with E-state index in [0.29, 0.717) is 6.61 Å². The predicted octanol–water partition coefficient (Wildman–Crippen LogP) is 0.863. The van der Waals surface area contributed by atoms with Crippen LogP contribution >= 0.6 is 0 Å². The first kappa shape index (κ1) is 15.2. The van der Waals surface area contributed by atoms with Crippen LogP contribution in [0.4, 0.5) is 0 Å². The summed E-state index contributed by atoms with van der Waals surface area (Å²) in [7, 11) is -3.18. The maximum absolute atomic E-state index is 12.2. The molecule has 112 valence electrons. The van der Waals surface area contributed by atoms with Crippen molar-refractivity contribution in [1.29, 1.82) is 0 Å². The van der Waals surface area contributed by atoms with Gasteiger partial charge in [-0.25, -0.2) is 13.1 Å². The summed E-state index contributed by atoms with van der Waals surface area (Å²) in [6.45, 7) is 6.49. The fraction of sp³-hybridized carbons (Fsp3) is 1.00. The van der Waals surface area contributed by atoms with Crippen LogP contribution in [0, 0.1) is 5.92 Å². The normalized spacial score (nSPS) is 32.1. The SMILES string of the molecule is CC1(C)CC(NS(=O)(=O)CC2CCCNC2)CCO1. The van der Waals surface area contributed by atoms with Crippen LogP contribution < -0.4 is 10.0 Å². The molecule has 0 amide bonds. The second kappa shape index (κ2) is 6.08. The quantitative estimate of drug-likeness (QED) is 0.806. The van der Waals surface area contributed by atoms with Gasteiger partial charge in [-0.2, -0.15) is 0 Å². The van der Waals surface area contributed by atoms with E-state index in [2.05, 4.69) is 10.0 Å². The summed E-state index contributed by atoms with van der Waals surface area (Å²) in [4.78, 5) is 0. The average molecular weight is 290 g/mol. The molecule has 0 spiro atoms. The highest BCUT2D eigenvalue weighted by atomic mass is 32.2. The third kappa shape index (κ3) is 5.02. The number of sulfonamides is 1. The van der Waals surface area contributed by atoms with Crippen LogP contribution in [0.3, 0.4) is 0 Å². The van der Waals surface area contributed by atoms with Crippen molar-refractivity contribution >= 4 is 10.0 Å². The van der Waals surface area contributed by atoms with E-state index in [0.717, 1.165) is 38.8 Å². The van der Waals surface area contributed by atoms with Gasteiger partial charge in [-0.1, -0.05) is 0 Å². The maximum Gasteiger partial charge on any atom is 0.212 e. The molecule has 2 aliphatic rings. The largest absolute Gasteiger partial charge is 0.375 e. The van der Waals surface area contributed by atoms with E-state index in [4.69, 9.17) is 4.74 Å². The van der Waals surface area contributed by atoms with E-state index >= 15 is 0 Å². The standard InChI is InChI=1S/C13H26N2O3S/c1-13(2)8-12(5-7-18-13)15-19(16,17)10-11-4-3-6-14-9-11/h11-12,14-15H,3-10H2,1-2H3. The number of ether oxygens (including phenoxy) is 1. The molecule has 2 heterocycles. The van der Waals surface area contributed by atoms with Crippen LogP contribution in [-0.2, 0) is 14.8 Å². The summed E-state index contributed by atoms with van der Waals surface area (Å²) in [5.74, 6) is 0.497. The van der Waals surface area contributed by atoms with E-state index < -0.39 is 10.0 Å². The van der Waals surface area contributed by atoms with Crippen LogP contribution in [0.2, 0.25) is 0 Å². The zero-order valence-electron chi connectivity index (χ0n) is 11.9. The van der Waals surface area contributed by atoms with E-state index in [9.17, 15) is 8.42 Å². The van der Waals surface area contributed by atoms with Gasteiger partial charge in [0.25, 0.3) is 0 Å². The van der Waals surface area contributed by atoms with Gasteiger partial charge in [0.1, 0.15) is 0 Å². The molecule has 2 aliphatic heterocycles. The Balaban J connectivity index is 1.86. The summed E-state index contributed by atoms with van der Waals surface area (Å²) >= 11 is 0. The van der Waals surface area contributed by atoms with Gasteiger partial charge in [-0.3, -0.25) is 0 Å². The van der Waals surface area contributed by atoms with E-state index in [1.165, 1.54) is 0 Å². The van der Waals surface area contributed by atoms with Crippen molar-refractivity contribution in [1.82, 2.24) is 10.0 Å². The molecule has 0 aliphatic carbocycles. The Hall–Kier alpha value is -0.170. The molecule has 2 atom stereocenters. The summed E-state index contributed by atoms with van der Waals surface area (Å²) in [5, 5.41) is 3.26. The second-order valence-corrected chi connectivity index (χ2v) is 8.21. The van der Waals surface area contributed by atoms with Gasteiger partial charge in [-0.05, 0) is 58.5 Å². The van der Waals surface area contributed by atoms with Crippen LogP contribution in [0.15, 0.2) is 0 Å². The summed E-state index contributed by atoms with van der Waals surface area (Å²) in [6, 6.07) is 0.0188. The van der Waals surface area contributed by atoms with Crippen molar-refractivity contribution in [3.05, 3.63) is 0 Å². The van der Waals surface area contributed by atoms with Gasteiger partial charge in [0.15, 0.2) is 0 Å². The topological polar surface area (TPSA) is 67.4 Å². The van der Waals surface area contributed by atoms with Gasteiger partial charge in [-0.15, -0.1) is 0 Å². The Morgan fingerprint density at radius 2 is 2.16 bits per heavy atom. The van der Waals surface area contributed by atoms with Crippen molar-refractivity contribution in [3.63, 3.8) is 0 Å². The van der Waals surface area contributed by atoms with Crippen LogP contribution in [0.25, 0.3) is 0 Å².